The Hall–Kier alpha value is -1.59. The van der Waals surface area contributed by atoms with Crippen molar-refractivity contribution in [1.29, 1.82) is 0 Å². The van der Waals surface area contributed by atoms with E-state index in [9.17, 15) is 29.7 Å². The highest BCUT2D eigenvalue weighted by Crippen LogP contribution is 2.69. The predicted octanol–water partition coefficient (Wildman–Crippen LogP) is 2.08. The van der Waals surface area contributed by atoms with E-state index < -0.39 is 34.7 Å². The van der Waals surface area contributed by atoms with Gasteiger partial charge in [0.1, 0.15) is 0 Å². The van der Waals surface area contributed by atoms with Crippen LogP contribution in [0.3, 0.4) is 0 Å². The van der Waals surface area contributed by atoms with E-state index in [1.54, 1.807) is 20.8 Å². The molecule has 6 nitrogen and oxygen atoms in total. The summed E-state index contributed by atoms with van der Waals surface area (Å²) in [4.78, 5) is 35.4. The van der Waals surface area contributed by atoms with E-state index in [4.69, 9.17) is 0 Å². The molecule has 0 amide bonds. The van der Waals surface area contributed by atoms with Crippen LogP contribution in [-0.2, 0) is 14.4 Å². The first kappa shape index (κ1) is 15.8. The molecular formula is C15H22O6. The quantitative estimate of drug-likeness (QED) is 0.647. The average molecular weight is 298 g/mol. The molecule has 0 aromatic rings. The number of rotatable bonds is 6. The van der Waals surface area contributed by atoms with Crippen LogP contribution in [0.2, 0.25) is 0 Å². The second kappa shape index (κ2) is 4.45. The lowest BCUT2D eigenvalue weighted by Crippen LogP contribution is -2.61. The van der Waals surface area contributed by atoms with E-state index >= 15 is 0 Å². The molecule has 3 fully saturated rings. The summed E-state index contributed by atoms with van der Waals surface area (Å²) in [5.41, 5.74) is -3.51. The van der Waals surface area contributed by atoms with Crippen molar-refractivity contribution in [2.45, 2.75) is 46.5 Å². The Kier molecular flexibility index (Phi) is 3.35. The van der Waals surface area contributed by atoms with Gasteiger partial charge in [-0.2, -0.15) is 0 Å². The molecule has 0 radical (unpaired) electrons. The molecule has 0 saturated heterocycles. The summed E-state index contributed by atoms with van der Waals surface area (Å²) >= 11 is 0. The lowest BCUT2D eigenvalue weighted by atomic mass is 9.40. The van der Waals surface area contributed by atoms with Gasteiger partial charge in [-0.05, 0) is 42.4 Å². The minimum atomic E-state index is -2.27. The summed E-state index contributed by atoms with van der Waals surface area (Å²) in [6.07, 6.45) is 2.39. The highest BCUT2D eigenvalue weighted by molar-refractivity contribution is 6.02. The zero-order valence-electron chi connectivity index (χ0n) is 12.5. The summed E-state index contributed by atoms with van der Waals surface area (Å²) < 4.78 is 0. The zero-order valence-corrected chi connectivity index (χ0v) is 12.5. The smallest absolute Gasteiger partial charge is 0.321 e. The van der Waals surface area contributed by atoms with Crippen LogP contribution in [0, 0.1) is 28.1 Å². The molecule has 1 unspecified atom stereocenters. The first-order chi connectivity index (χ1) is 9.44. The summed E-state index contributed by atoms with van der Waals surface area (Å²) in [6, 6.07) is 0. The molecule has 118 valence electrons. The normalized spacial score (nSPS) is 29.0. The maximum Gasteiger partial charge on any atom is 0.321 e. The van der Waals surface area contributed by atoms with Crippen LogP contribution < -0.4 is 0 Å². The minimum absolute atomic E-state index is 0.0879. The molecule has 3 aliphatic carbocycles. The van der Waals surface area contributed by atoms with Gasteiger partial charge in [0.2, 0.25) is 0 Å². The van der Waals surface area contributed by atoms with Gasteiger partial charge in [-0.3, -0.25) is 14.4 Å². The number of carboxylic acid groups (broad SMARTS) is 3. The predicted molar refractivity (Wildman–Crippen MR) is 72.7 cm³/mol. The number of hydrogen-bond donors (Lipinski definition) is 3. The van der Waals surface area contributed by atoms with Crippen LogP contribution in [0.5, 0.6) is 0 Å². The summed E-state index contributed by atoms with van der Waals surface area (Å²) in [5, 5.41) is 28.8. The lowest BCUT2D eigenvalue weighted by Gasteiger charge is -2.64. The third-order valence-corrected chi connectivity index (χ3v) is 5.19. The SMILES string of the molecule is CC(C)(C)C(C(=O)O)C(CC12CC(C1)C2)(C(=O)O)C(=O)O. The van der Waals surface area contributed by atoms with Crippen molar-refractivity contribution in [2.75, 3.05) is 0 Å². The second-order valence-electron chi connectivity index (χ2n) is 7.87. The molecule has 21 heavy (non-hydrogen) atoms. The van der Waals surface area contributed by atoms with Crippen molar-refractivity contribution in [3.05, 3.63) is 0 Å². The van der Waals surface area contributed by atoms with Gasteiger partial charge >= 0.3 is 17.9 Å². The van der Waals surface area contributed by atoms with E-state index in [0.717, 1.165) is 19.3 Å². The van der Waals surface area contributed by atoms with Crippen LogP contribution in [0.15, 0.2) is 0 Å². The van der Waals surface area contributed by atoms with Crippen LogP contribution in [0.25, 0.3) is 0 Å². The van der Waals surface area contributed by atoms with Crippen molar-refractivity contribution < 1.29 is 29.7 Å². The minimum Gasteiger partial charge on any atom is -0.481 e. The fourth-order valence-electron chi connectivity index (χ4n) is 4.38. The Morgan fingerprint density at radius 3 is 1.67 bits per heavy atom. The van der Waals surface area contributed by atoms with Crippen molar-refractivity contribution in [1.82, 2.24) is 0 Å². The van der Waals surface area contributed by atoms with Gasteiger partial charge in [0.25, 0.3) is 0 Å². The zero-order chi connectivity index (χ0) is 16.2. The van der Waals surface area contributed by atoms with Gasteiger partial charge in [-0.1, -0.05) is 20.8 Å². The van der Waals surface area contributed by atoms with Crippen LogP contribution in [0.1, 0.15) is 46.5 Å². The van der Waals surface area contributed by atoms with Crippen LogP contribution >= 0.6 is 0 Å². The molecule has 3 N–H and O–H groups in total. The van der Waals surface area contributed by atoms with E-state index in [-0.39, 0.29) is 11.8 Å². The fraction of sp³-hybridized carbons (Fsp3) is 0.800. The Morgan fingerprint density at radius 1 is 1.05 bits per heavy atom. The van der Waals surface area contributed by atoms with E-state index in [1.165, 1.54) is 0 Å². The van der Waals surface area contributed by atoms with Crippen molar-refractivity contribution in [3.63, 3.8) is 0 Å². The van der Waals surface area contributed by atoms with Crippen LogP contribution in [-0.4, -0.2) is 33.2 Å². The summed E-state index contributed by atoms with van der Waals surface area (Å²) in [6.45, 7) is 4.73. The third-order valence-electron chi connectivity index (χ3n) is 5.19. The maximum absolute atomic E-state index is 11.8. The second-order valence-corrected chi connectivity index (χ2v) is 7.87. The Labute approximate surface area is 123 Å². The summed E-state index contributed by atoms with van der Waals surface area (Å²) in [5.74, 6) is -5.35. The van der Waals surface area contributed by atoms with Crippen molar-refractivity contribution in [3.8, 4) is 0 Å². The average Bonchev–Trinajstić information content (AvgIpc) is 2.15. The highest BCUT2D eigenvalue weighted by atomic mass is 16.4. The Bertz CT molecular complexity index is 470. The fourth-order valence-corrected chi connectivity index (χ4v) is 4.38. The molecule has 0 aromatic carbocycles. The number of aliphatic carboxylic acids is 3. The Balaban J connectivity index is 2.49. The van der Waals surface area contributed by atoms with E-state index in [1.807, 2.05) is 0 Å². The molecule has 3 saturated carbocycles. The standard InChI is InChI=1S/C15H22O6/c1-13(2,3)9(10(16)17)15(11(18)19,12(20)21)7-14-4-8(5-14)6-14/h8-9H,4-7H2,1-3H3,(H,16,17)(H,18,19)(H,20,21). The first-order valence-electron chi connectivity index (χ1n) is 7.14. The molecule has 2 bridgehead atoms. The number of carboxylic acids is 3. The topological polar surface area (TPSA) is 112 Å². The number of hydrogen-bond acceptors (Lipinski definition) is 3. The largest absolute Gasteiger partial charge is 0.481 e. The molecule has 6 heteroatoms. The van der Waals surface area contributed by atoms with Crippen LogP contribution in [0.4, 0.5) is 0 Å². The maximum atomic E-state index is 11.8. The van der Waals surface area contributed by atoms with Crippen molar-refractivity contribution in [2.24, 2.45) is 28.1 Å². The van der Waals surface area contributed by atoms with Gasteiger partial charge in [-0.15, -0.1) is 0 Å². The molecule has 0 aliphatic heterocycles. The van der Waals surface area contributed by atoms with Gasteiger partial charge < -0.3 is 15.3 Å². The van der Waals surface area contributed by atoms with Crippen molar-refractivity contribution >= 4 is 17.9 Å². The molecule has 0 heterocycles. The third kappa shape index (κ3) is 2.21. The van der Waals surface area contributed by atoms with Gasteiger partial charge in [0.05, 0.1) is 5.92 Å². The number of carbonyl (C=O) groups is 3. The lowest BCUT2D eigenvalue weighted by molar-refractivity contribution is -0.200. The van der Waals surface area contributed by atoms with Gasteiger partial charge in [-0.25, -0.2) is 0 Å². The molecular weight excluding hydrogens is 276 g/mol. The Morgan fingerprint density at radius 2 is 1.48 bits per heavy atom. The van der Waals surface area contributed by atoms with Gasteiger partial charge in [0.15, 0.2) is 5.41 Å². The summed E-state index contributed by atoms with van der Waals surface area (Å²) in [7, 11) is 0. The van der Waals surface area contributed by atoms with Gasteiger partial charge in [0, 0.05) is 0 Å². The molecule has 0 spiro atoms. The van der Waals surface area contributed by atoms with E-state index in [0.29, 0.717) is 5.92 Å². The molecule has 3 rings (SSSR count). The van der Waals surface area contributed by atoms with E-state index in [2.05, 4.69) is 0 Å². The molecule has 3 aliphatic rings. The molecule has 1 atom stereocenters. The first-order valence-corrected chi connectivity index (χ1v) is 7.14. The molecule has 0 aromatic heterocycles. The monoisotopic (exact) mass is 298 g/mol. The highest BCUT2D eigenvalue weighted by Gasteiger charge is 2.67.